The Balaban J connectivity index is 2.20. The van der Waals surface area contributed by atoms with Gasteiger partial charge in [0.15, 0.2) is 0 Å². The lowest BCUT2D eigenvalue weighted by molar-refractivity contribution is 0.240. The van der Waals surface area contributed by atoms with Crippen molar-refractivity contribution in [1.82, 2.24) is 10.6 Å². The predicted molar refractivity (Wildman–Crippen MR) is 67.2 cm³/mol. The standard InChI is InChI=1S/C10H15BrN2OS/c1-2-3-5-12-10(14)13-7-9-8(11)4-6-15-9/h4,6H,2-3,5,7H2,1H3,(H2,12,13,14). The molecule has 0 radical (unpaired) electrons. The SMILES string of the molecule is CCCCNC(=O)NCc1sccc1Br. The van der Waals surface area contributed by atoms with Crippen LogP contribution >= 0.6 is 27.3 Å². The largest absolute Gasteiger partial charge is 0.338 e. The molecule has 0 bridgehead atoms. The average molecular weight is 291 g/mol. The summed E-state index contributed by atoms with van der Waals surface area (Å²) in [5.41, 5.74) is 0. The molecular formula is C10H15BrN2OS. The third-order valence-electron chi connectivity index (χ3n) is 1.92. The third-order valence-corrected chi connectivity index (χ3v) is 3.84. The van der Waals surface area contributed by atoms with Gasteiger partial charge in [0.05, 0.1) is 6.54 Å². The molecule has 1 aromatic heterocycles. The Hall–Kier alpha value is -0.550. The van der Waals surface area contributed by atoms with Crippen LogP contribution in [0.15, 0.2) is 15.9 Å². The molecule has 0 atom stereocenters. The lowest BCUT2D eigenvalue weighted by atomic mass is 10.3. The van der Waals surface area contributed by atoms with Crippen LogP contribution in [-0.2, 0) is 6.54 Å². The van der Waals surface area contributed by atoms with E-state index >= 15 is 0 Å². The maximum absolute atomic E-state index is 11.3. The molecule has 2 amide bonds. The van der Waals surface area contributed by atoms with Crippen molar-refractivity contribution < 1.29 is 4.79 Å². The van der Waals surface area contributed by atoms with E-state index in [0.717, 1.165) is 28.7 Å². The van der Waals surface area contributed by atoms with Gasteiger partial charge in [-0.15, -0.1) is 11.3 Å². The molecule has 0 fully saturated rings. The minimum Gasteiger partial charge on any atom is -0.338 e. The van der Waals surface area contributed by atoms with Crippen LogP contribution in [0, 0.1) is 0 Å². The second-order valence-electron chi connectivity index (χ2n) is 3.15. The number of hydrogen-bond acceptors (Lipinski definition) is 2. The van der Waals surface area contributed by atoms with Crippen LogP contribution in [0.2, 0.25) is 0 Å². The number of amides is 2. The first-order chi connectivity index (χ1) is 7.24. The molecule has 1 aromatic rings. The molecule has 84 valence electrons. The first-order valence-corrected chi connectivity index (χ1v) is 6.65. The van der Waals surface area contributed by atoms with Crippen molar-refractivity contribution in [3.63, 3.8) is 0 Å². The fourth-order valence-electron chi connectivity index (χ4n) is 1.05. The van der Waals surface area contributed by atoms with Crippen LogP contribution in [-0.4, -0.2) is 12.6 Å². The monoisotopic (exact) mass is 290 g/mol. The molecule has 3 nitrogen and oxygen atoms in total. The maximum Gasteiger partial charge on any atom is 0.315 e. The number of carbonyl (C=O) groups excluding carboxylic acids is 1. The summed E-state index contributed by atoms with van der Waals surface area (Å²) in [6, 6.07) is 1.89. The maximum atomic E-state index is 11.3. The van der Waals surface area contributed by atoms with E-state index in [2.05, 4.69) is 33.5 Å². The number of rotatable bonds is 5. The topological polar surface area (TPSA) is 41.1 Å². The van der Waals surface area contributed by atoms with Crippen LogP contribution in [0.1, 0.15) is 24.6 Å². The molecule has 0 aliphatic heterocycles. The summed E-state index contributed by atoms with van der Waals surface area (Å²) in [6.07, 6.45) is 2.12. The first-order valence-electron chi connectivity index (χ1n) is 4.97. The van der Waals surface area contributed by atoms with Crippen molar-refractivity contribution >= 4 is 33.3 Å². The number of thiophene rings is 1. The Morgan fingerprint density at radius 2 is 2.33 bits per heavy atom. The van der Waals surface area contributed by atoms with Crippen LogP contribution in [0.25, 0.3) is 0 Å². The van der Waals surface area contributed by atoms with E-state index in [1.54, 1.807) is 11.3 Å². The molecular weight excluding hydrogens is 276 g/mol. The van der Waals surface area contributed by atoms with Gasteiger partial charge < -0.3 is 10.6 Å². The third kappa shape index (κ3) is 4.66. The van der Waals surface area contributed by atoms with Gasteiger partial charge in [-0.2, -0.15) is 0 Å². The van der Waals surface area contributed by atoms with Crippen molar-refractivity contribution in [2.45, 2.75) is 26.3 Å². The van der Waals surface area contributed by atoms with Gasteiger partial charge in [-0.3, -0.25) is 0 Å². The second-order valence-corrected chi connectivity index (χ2v) is 5.01. The van der Waals surface area contributed by atoms with Crippen molar-refractivity contribution in [2.75, 3.05) is 6.54 Å². The van der Waals surface area contributed by atoms with E-state index in [-0.39, 0.29) is 6.03 Å². The molecule has 1 rings (SSSR count). The van der Waals surface area contributed by atoms with Gasteiger partial charge in [-0.25, -0.2) is 4.79 Å². The molecule has 0 aromatic carbocycles. The predicted octanol–water partition coefficient (Wildman–Crippen LogP) is 3.11. The Bertz CT molecular complexity index is 314. The highest BCUT2D eigenvalue weighted by Gasteiger charge is 2.03. The fourth-order valence-corrected chi connectivity index (χ4v) is 2.49. The molecule has 0 unspecified atom stereocenters. The summed E-state index contributed by atoms with van der Waals surface area (Å²) in [5, 5.41) is 7.62. The minimum atomic E-state index is -0.0937. The van der Waals surface area contributed by atoms with Gasteiger partial charge in [0.25, 0.3) is 0 Å². The summed E-state index contributed by atoms with van der Waals surface area (Å²) in [7, 11) is 0. The average Bonchev–Trinajstić information content (AvgIpc) is 2.61. The van der Waals surface area contributed by atoms with Crippen molar-refractivity contribution in [1.29, 1.82) is 0 Å². The minimum absolute atomic E-state index is 0.0937. The van der Waals surface area contributed by atoms with Crippen molar-refractivity contribution in [2.24, 2.45) is 0 Å². The van der Waals surface area contributed by atoms with E-state index in [4.69, 9.17) is 0 Å². The molecule has 1 heterocycles. The highest BCUT2D eigenvalue weighted by atomic mass is 79.9. The van der Waals surface area contributed by atoms with Gasteiger partial charge >= 0.3 is 6.03 Å². The Morgan fingerprint density at radius 1 is 1.53 bits per heavy atom. The molecule has 2 N–H and O–H groups in total. The van der Waals surface area contributed by atoms with E-state index in [1.165, 1.54) is 0 Å². The van der Waals surface area contributed by atoms with E-state index < -0.39 is 0 Å². The van der Waals surface area contributed by atoms with E-state index in [0.29, 0.717) is 6.54 Å². The highest BCUT2D eigenvalue weighted by Crippen LogP contribution is 2.21. The molecule has 5 heteroatoms. The Labute approximate surface area is 102 Å². The first kappa shape index (κ1) is 12.5. The summed E-state index contributed by atoms with van der Waals surface area (Å²) >= 11 is 5.05. The molecule has 0 saturated heterocycles. The number of halogens is 1. The number of unbranched alkanes of at least 4 members (excludes halogenated alkanes) is 1. The van der Waals surface area contributed by atoms with Crippen molar-refractivity contribution in [3.8, 4) is 0 Å². The number of carbonyl (C=O) groups is 1. The molecule has 0 aliphatic rings. The zero-order valence-electron chi connectivity index (χ0n) is 8.68. The lowest BCUT2D eigenvalue weighted by Crippen LogP contribution is -2.35. The molecule has 0 aliphatic carbocycles. The van der Waals surface area contributed by atoms with Gasteiger partial charge in [-0.05, 0) is 33.8 Å². The number of urea groups is 1. The van der Waals surface area contributed by atoms with Crippen LogP contribution in [0.5, 0.6) is 0 Å². The van der Waals surface area contributed by atoms with Crippen LogP contribution in [0.3, 0.4) is 0 Å². The second kappa shape index (κ2) is 6.85. The summed E-state index contributed by atoms with van der Waals surface area (Å²) in [6.45, 7) is 3.42. The molecule has 15 heavy (non-hydrogen) atoms. The summed E-state index contributed by atoms with van der Waals surface area (Å²) in [5.74, 6) is 0. The quantitative estimate of drug-likeness (QED) is 0.804. The molecule has 0 saturated carbocycles. The van der Waals surface area contributed by atoms with Gasteiger partial charge in [0.1, 0.15) is 0 Å². The van der Waals surface area contributed by atoms with Gasteiger partial charge in [0, 0.05) is 15.9 Å². The van der Waals surface area contributed by atoms with Gasteiger partial charge in [0.2, 0.25) is 0 Å². The van der Waals surface area contributed by atoms with Crippen LogP contribution in [0.4, 0.5) is 4.79 Å². The number of nitrogens with one attached hydrogen (secondary N) is 2. The highest BCUT2D eigenvalue weighted by molar-refractivity contribution is 9.10. The smallest absolute Gasteiger partial charge is 0.315 e. The summed E-state index contributed by atoms with van der Waals surface area (Å²) in [4.78, 5) is 12.4. The van der Waals surface area contributed by atoms with Crippen LogP contribution < -0.4 is 10.6 Å². The van der Waals surface area contributed by atoms with Gasteiger partial charge in [-0.1, -0.05) is 13.3 Å². The zero-order chi connectivity index (χ0) is 11.1. The van der Waals surface area contributed by atoms with E-state index in [9.17, 15) is 4.79 Å². The fraction of sp³-hybridized carbons (Fsp3) is 0.500. The Morgan fingerprint density at radius 3 is 2.93 bits per heavy atom. The normalized spacial score (nSPS) is 10.0. The Kier molecular flexibility index (Phi) is 5.71. The molecule has 0 spiro atoms. The zero-order valence-corrected chi connectivity index (χ0v) is 11.1. The lowest BCUT2D eigenvalue weighted by Gasteiger charge is -2.05. The summed E-state index contributed by atoms with van der Waals surface area (Å²) < 4.78 is 1.06. The number of hydrogen-bond donors (Lipinski definition) is 2. The van der Waals surface area contributed by atoms with Crippen molar-refractivity contribution in [3.05, 3.63) is 20.8 Å². The van der Waals surface area contributed by atoms with E-state index in [1.807, 2.05) is 11.4 Å².